The molecule has 0 bridgehead atoms. The van der Waals surface area contributed by atoms with Crippen LogP contribution in [-0.4, -0.2) is 36.1 Å². The van der Waals surface area contributed by atoms with Crippen LogP contribution in [-0.2, 0) is 6.54 Å². The van der Waals surface area contributed by atoms with Gasteiger partial charge in [0.15, 0.2) is 6.39 Å². The zero-order chi connectivity index (χ0) is 10.4. The van der Waals surface area contributed by atoms with Gasteiger partial charge in [-0.1, -0.05) is 13.8 Å². The fourth-order valence-electron chi connectivity index (χ4n) is 1.21. The van der Waals surface area contributed by atoms with Crippen molar-refractivity contribution in [1.82, 2.24) is 15.2 Å². The van der Waals surface area contributed by atoms with Crippen molar-refractivity contribution in [2.24, 2.45) is 0 Å². The second-order valence-corrected chi connectivity index (χ2v) is 3.81. The lowest BCUT2D eigenvalue weighted by atomic mass is 10.4. The number of nitrogens with zero attached hydrogens (tertiary/aromatic N) is 2. The van der Waals surface area contributed by atoms with Crippen LogP contribution in [0.1, 0.15) is 19.6 Å². The van der Waals surface area contributed by atoms with Gasteiger partial charge in [-0.3, -0.25) is 4.90 Å². The molecule has 1 aromatic rings. The highest BCUT2D eigenvalue weighted by atomic mass is 16.3. The predicted molar refractivity (Wildman–Crippen MR) is 56.0 cm³/mol. The minimum atomic E-state index is 0.550. The zero-order valence-corrected chi connectivity index (χ0v) is 9.16. The Labute approximate surface area is 85.3 Å². The topological polar surface area (TPSA) is 41.3 Å². The predicted octanol–water partition coefficient (Wildman–Crippen LogP) is 1.10. The monoisotopic (exact) mass is 197 g/mol. The van der Waals surface area contributed by atoms with Gasteiger partial charge in [-0.15, -0.1) is 0 Å². The Morgan fingerprint density at radius 2 is 2.36 bits per heavy atom. The van der Waals surface area contributed by atoms with Gasteiger partial charge in [0.05, 0.1) is 12.7 Å². The summed E-state index contributed by atoms with van der Waals surface area (Å²) in [5.41, 5.74) is 0. The molecule has 0 aliphatic heterocycles. The van der Waals surface area contributed by atoms with Gasteiger partial charge < -0.3 is 9.73 Å². The van der Waals surface area contributed by atoms with Crippen LogP contribution in [0.4, 0.5) is 0 Å². The van der Waals surface area contributed by atoms with E-state index >= 15 is 0 Å². The highest BCUT2D eigenvalue weighted by Gasteiger charge is 2.02. The molecule has 0 atom stereocenters. The Bertz CT molecular complexity index is 234. The maximum Gasteiger partial charge on any atom is 0.180 e. The van der Waals surface area contributed by atoms with Gasteiger partial charge >= 0.3 is 0 Å². The van der Waals surface area contributed by atoms with E-state index in [1.165, 1.54) is 6.39 Å². The van der Waals surface area contributed by atoms with Crippen LogP contribution in [0.5, 0.6) is 0 Å². The molecule has 1 rings (SSSR count). The molecule has 14 heavy (non-hydrogen) atoms. The van der Waals surface area contributed by atoms with Crippen molar-refractivity contribution in [3.63, 3.8) is 0 Å². The largest absolute Gasteiger partial charge is 0.447 e. The molecule has 0 aliphatic carbocycles. The van der Waals surface area contributed by atoms with E-state index in [9.17, 15) is 0 Å². The molecule has 0 saturated carbocycles. The quantitative estimate of drug-likeness (QED) is 0.741. The summed E-state index contributed by atoms with van der Waals surface area (Å²) in [6, 6.07) is 0.550. The van der Waals surface area contributed by atoms with Crippen molar-refractivity contribution in [2.45, 2.75) is 26.4 Å². The van der Waals surface area contributed by atoms with Crippen molar-refractivity contribution < 1.29 is 4.42 Å². The van der Waals surface area contributed by atoms with Crippen molar-refractivity contribution in [2.75, 3.05) is 20.1 Å². The number of hydrogen-bond donors (Lipinski definition) is 1. The van der Waals surface area contributed by atoms with Gasteiger partial charge in [0, 0.05) is 19.1 Å². The number of rotatable bonds is 6. The first kappa shape index (κ1) is 11.2. The van der Waals surface area contributed by atoms with Gasteiger partial charge in [-0.05, 0) is 7.05 Å². The fourth-order valence-corrected chi connectivity index (χ4v) is 1.21. The van der Waals surface area contributed by atoms with E-state index in [4.69, 9.17) is 4.42 Å². The lowest BCUT2D eigenvalue weighted by Crippen LogP contribution is -2.32. The molecule has 4 heteroatoms. The van der Waals surface area contributed by atoms with Gasteiger partial charge in [0.1, 0.15) is 5.76 Å². The number of nitrogens with one attached hydrogen (secondary N) is 1. The van der Waals surface area contributed by atoms with Gasteiger partial charge in [-0.2, -0.15) is 0 Å². The minimum absolute atomic E-state index is 0.550. The summed E-state index contributed by atoms with van der Waals surface area (Å²) >= 11 is 0. The second-order valence-electron chi connectivity index (χ2n) is 3.81. The molecular formula is C10H19N3O. The first-order valence-corrected chi connectivity index (χ1v) is 4.98. The molecule has 1 heterocycles. The van der Waals surface area contributed by atoms with Crippen LogP contribution in [0.25, 0.3) is 0 Å². The molecule has 4 nitrogen and oxygen atoms in total. The Morgan fingerprint density at radius 3 is 2.93 bits per heavy atom. The van der Waals surface area contributed by atoms with Crippen molar-refractivity contribution >= 4 is 0 Å². The van der Waals surface area contributed by atoms with Crippen LogP contribution in [0, 0.1) is 0 Å². The van der Waals surface area contributed by atoms with Crippen LogP contribution >= 0.6 is 0 Å². The highest BCUT2D eigenvalue weighted by molar-refractivity contribution is 4.87. The first-order chi connectivity index (χ1) is 6.68. The average Bonchev–Trinajstić information content (AvgIpc) is 2.56. The summed E-state index contributed by atoms with van der Waals surface area (Å²) in [6.45, 7) is 7.13. The third-order valence-electron chi connectivity index (χ3n) is 1.96. The molecule has 0 spiro atoms. The molecule has 0 unspecified atom stereocenters. The van der Waals surface area contributed by atoms with E-state index < -0.39 is 0 Å². The van der Waals surface area contributed by atoms with E-state index in [-0.39, 0.29) is 0 Å². The zero-order valence-electron chi connectivity index (χ0n) is 9.16. The summed E-state index contributed by atoms with van der Waals surface area (Å²) in [5, 5.41) is 3.37. The Kier molecular flexibility index (Phi) is 4.62. The SMILES string of the molecule is CC(C)NCCN(C)Cc1cnco1. The molecule has 0 fully saturated rings. The fraction of sp³-hybridized carbons (Fsp3) is 0.700. The number of oxazole rings is 1. The molecule has 1 aromatic heterocycles. The third-order valence-corrected chi connectivity index (χ3v) is 1.96. The molecule has 0 radical (unpaired) electrons. The molecule has 0 amide bonds. The van der Waals surface area contributed by atoms with E-state index in [1.54, 1.807) is 6.20 Å². The van der Waals surface area contributed by atoms with E-state index in [1.807, 2.05) is 0 Å². The first-order valence-electron chi connectivity index (χ1n) is 4.98. The van der Waals surface area contributed by atoms with E-state index in [0.717, 1.165) is 25.4 Å². The molecule has 0 aromatic carbocycles. The number of likely N-dealkylation sites (N-methyl/N-ethyl adjacent to an activating group) is 1. The summed E-state index contributed by atoms with van der Waals surface area (Å²) in [6.07, 6.45) is 3.22. The van der Waals surface area contributed by atoms with Gasteiger partial charge in [0.25, 0.3) is 0 Å². The van der Waals surface area contributed by atoms with Crippen LogP contribution in [0.2, 0.25) is 0 Å². The van der Waals surface area contributed by atoms with Gasteiger partial charge in [0.2, 0.25) is 0 Å². The summed E-state index contributed by atoms with van der Waals surface area (Å²) in [5.74, 6) is 0.914. The highest BCUT2D eigenvalue weighted by Crippen LogP contribution is 2.00. The van der Waals surface area contributed by atoms with Crippen LogP contribution < -0.4 is 5.32 Å². The molecule has 0 aliphatic rings. The summed E-state index contributed by atoms with van der Waals surface area (Å²) in [7, 11) is 2.07. The third kappa shape index (κ3) is 4.39. The van der Waals surface area contributed by atoms with Crippen molar-refractivity contribution in [3.05, 3.63) is 18.4 Å². The second kappa shape index (κ2) is 5.78. The van der Waals surface area contributed by atoms with Crippen LogP contribution in [0.15, 0.2) is 17.0 Å². The lowest BCUT2D eigenvalue weighted by molar-refractivity contribution is 0.291. The number of hydrogen-bond acceptors (Lipinski definition) is 4. The maximum absolute atomic E-state index is 5.16. The smallest absolute Gasteiger partial charge is 0.180 e. The summed E-state index contributed by atoms with van der Waals surface area (Å²) in [4.78, 5) is 6.08. The summed E-state index contributed by atoms with van der Waals surface area (Å²) < 4.78 is 5.16. The van der Waals surface area contributed by atoms with E-state index in [2.05, 4.69) is 36.1 Å². The Hall–Kier alpha value is -0.870. The molecule has 80 valence electrons. The average molecular weight is 197 g/mol. The molecule has 0 saturated heterocycles. The van der Waals surface area contributed by atoms with Crippen molar-refractivity contribution in [3.8, 4) is 0 Å². The Morgan fingerprint density at radius 1 is 1.57 bits per heavy atom. The Balaban J connectivity index is 2.13. The van der Waals surface area contributed by atoms with Crippen molar-refractivity contribution in [1.29, 1.82) is 0 Å². The van der Waals surface area contributed by atoms with Crippen LogP contribution in [0.3, 0.4) is 0 Å². The number of aromatic nitrogens is 1. The maximum atomic E-state index is 5.16. The standard InChI is InChI=1S/C10H19N3O/c1-9(2)12-4-5-13(3)7-10-6-11-8-14-10/h6,8-9,12H,4-5,7H2,1-3H3. The lowest BCUT2D eigenvalue weighted by Gasteiger charge is -2.16. The van der Waals surface area contributed by atoms with E-state index in [0.29, 0.717) is 6.04 Å². The molecule has 1 N–H and O–H groups in total. The molecular weight excluding hydrogens is 178 g/mol. The van der Waals surface area contributed by atoms with Gasteiger partial charge in [-0.25, -0.2) is 4.98 Å². The minimum Gasteiger partial charge on any atom is -0.447 e. The normalized spacial score (nSPS) is 11.5.